The van der Waals surface area contributed by atoms with Crippen molar-refractivity contribution in [2.24, 2.45) is 0 Å². The number of anilines is 1. The van der Waals surface area contributed by atoms with Gasteiger partial charge < -0.3 is 9.64 Å². The minimum atomic E-state index is -0.627. The summed E-state index contributed by atoms with van der Waals surface area (Å²) in [6.45, 7) is 2.06. The van der Waals surface area contributed by atoms with Gasteiger partial charge >= 0.3 is 5.97 Å². The van der Waals surface area contributed by atoms with E-state index in [1.165, 1.54) is 23.1 Å². The van der Waals surface area contributed by atoms with E-state index in [9.17, 15) is 14.0 Å². The van der Waals surface area contributed by atoms with Gasteiger partial charge in [0.15, 0.2) is 0 Å². The van der Waals surface area contributed by atoms with Crippen molar-refractivity contribution in [3.63, 3.8) is 0 Å². The molecule has 0 aliphatic rings. The normalized spacial score (nSPS) is 10.5. The van der Waals surface area contributed by atoms with Crippen molar-refractivity contribution in [2.45, 2.75) is 13.5 Å². The molecule has 0 radical (unpaired) electrons. The number of esters is 1. The van der Waals surface area contributed by atoms with Gasteiger partial charge in [-0.15, -0.1) is 0 Å². The minimum absolute atomic E-state index is 0.0722. The molecule has 0 atom stereocenters. The lowest BCUT2D eigenvalue weighted by molar-refractivity contribution is 0.0526. The largest absolute Gasteiger partial charge is 0.462 e. The van der Waals surface area contributed by atoms with Crippen LogP contribution in [0.5, 0.6) is 0 Å². The number of carbonyl (C=O) groups excluding carboxylic acids is 2. The second-order valence-electron chi connectivity index (χ2n) is 6.37. The second kappa shape index (κ2) is 9.74. The third-order valence-corrected chi connectivity index (χ3v) is 4.97. The zero-order valence-electron chi connectivity index (χ0n) is 16.1. The van der Waals surface area contributed by atoms with Crippen molar-refractivity contribution < 1.29 is 18.7 Å². The van der Waals surface area contributed by atoms with Crippen LogP contribution in [0, 0.1) is 5.82 Å². The summed E-state index contributed by atoms with van der Waals surface area (Å²) in [7, 11) is 0. The lowest BCUT2D eigenvalue weighted by Crippen LogP contribution is -2.31. The lowest BCUT2D eigenvalue weighted by atomic mass is 10.1. The summed E-state index contributed by atoms with van der Waals surface area (Å²) >= 11 is 12.3. The van der Waals surface area contributed by atoms with Crippen LogP contribution in [-0.4, -0.2) is 18.5 Å². The minimum Gasteiger partial charge on any atom is -0.462 e. The van der Waals surface area contributed by atoms with Gasteiger partial charge in [0, 0.05) is 15.7 Å². The number of carbonyl (C=O) groups is 2. The standard InChI is InChI=1S/C23H18Cl2FNO3/c1-2-30-23(29)15-8-11-18(12-9-15)27(14-16-7-10-17(24)13-20(16)25)22(28)19-5-3-4-6-21(19)26/h3-13H,2,14H2,1H3. The zero-order chi connectivity index (χ0) is 21.7. The van der Waals surface area contributed by atoms with E-state index in [0.29, 0.717) is 26.9 Å². The summed E-state index contributed by atoms with van der Waals surface area (Å²) in [5.41, 5.74) is 1.39. The van der Waals surface area contributed by atoms with Crippen LogP contribution in [0.1, 0.15) is 33.2 Å². The highest BCUT2D eigenvalue weighted by atomic mass is 35.5. The second-order valence-corrected chi connectivity index (χ2v) is 7.22. The molecule has 3 aromatic carbocycles. The van der Waals surface area contributed by atoms with Crippen molar-refractivity contribution in [1.29, 1.82) is 0 Å². The lowest BCUT2D eigenvalue weighted by Gasteiger charge is -2.24. The zero-order valence-corrected chi connectivity index (χ0v) is 17.6. The van der Waals surface area contributed by atoms with Gasteiger partial charge in [-0.25, -0.2) is 9.18 Å². The van der Waals surface area contributed by atoms with Gasteiger partial charge in [-0.2, -0.15) is 0 Å². The first-order valence-electron chi connectivity index (χ1n) is 9.18. The highest BCUT2D eigenvalue weighted by Gasteiger charge is 2.22. The van der Waals surface area contributed by atoms with E-state index in [1.54, 1.807) is 55.5 Å². The quantitative estimate of drug-likeness (QED) is 0.427. The van der Waals surface area contributed by atoms with Crippen LogP contribution in [0.15, 0.2) is 66.7 Å². The van der Waals surface area contributed by atoms with Crippen LogP contribution in [-0.2, 0) is 11.3 Å². The highest BCUT2D eigenvalue weighted by Crippen LogP contribution is 2.27. The van der Waals surface area contributed by atoms with Crippen molar-refractivity contribution >= 4 is 40.8 Å². The molecule has 30 heavy (non-hydrogen) atoms. The van der Waals surface area contributed by atoms with E-state index in [2.05, 4.69) is 0 Å². The molecule has 7 heteroatoms. The van der Waals surface area contributed by atoms with Gasteiger partial charge in [-0.1, -0.05) is 41.4 Å². The number of ether oxygens (including phenoxy) is 1. The third-order valence-electron chi connectivity index (χ3n) is 4.38. The molecule has 0 N–H and O–H groups in total. The van der Waals surface area contributed by atoms with Crippen molar-refractivity contribution in [3.8, 4) is 0 Å². The Morgan fingerprint density at radius 1 is 1.00 bits per heavy atom. The van der Waals surface area contributed by atoms with Crippen LogP contribution in [0.25, 0.3) is 0 Å². The number of halogens is 3. The number of amides is 1. The number of rotatable bonds is 6. The van der Waals surface area contributed by atoms with Crippen LogP contribution in [0.3, 0.4) is 0 Å². The molecule has 0 unspecified atom stereocenters. The average Bonchev–Trinajstić information content (AvgIpc) is 2.73. The molecule has 0 bridgehead atoms. The molecule has 0 aliphatic carbocycles. The van der Waals surface area contributed by atoms with Gasteiger partial charge in [0.05, 0.1) is 24.3 Å². The maximum absolute atomic E-state index is 14.3. The van der Waals surface area contributed by atoms with Gasteiger partial charge in [0.25, 0.3) is 5.91 Å². The summed E-state index contributed by atoms with van der Waals surface area (Å²) in [5, 5.41) is 0.853. The van der Waals surface area contributed by atoms with Crippen LogP contribution >= 0.6 is 23.2 Å². The Bertz CT molecular complexity index is 1070. The predicted molar refractivity (Wildman–Crippen MR) is 116 cm³/mol. The first-order valence-corrected chi connectivity index (χ1v) is 9.93. The average molecular weight is 446 g/mol. The molecule has 0 aliphatic heterocycles. The molecule has 0 heterocycles. The molecule has 0 saturated carbocycles. The molecule has 0 saturated heterocycles. The third kappa shape index (κ3) is 4.99. The molecule has 3 aromatic rings. The van der Waals surface area contributed by atoms with Gasteiger partial charge in [0.1, 0.15) is 5.82 Å². The maximum Gasteiger partial charge on any atom is 0.338 e. The fourth-order valence-electron chi connectivity index (χ4n) is 2.87. The monoisotopic (exact) mass is 445 g/mol. The number of nitrogens with zero attached hydrogens (tertiary/aromatic N) is 1. The molecule has 154 valence electrons. The van der Waals surface area contributed by atoms with Crippen molar-refractivity contribution in [3.05, 3.63) is 99.3 Å². The SMILES string of the molecule is CCOC(=O)c1ccc(N(Cc2ccc(Cl)cc2Cl)C(=O)c2ccccc2F)cc1. The molecule has 0 aromatic heterocycles. The number of hydrogen-bond donors (Lipinski definition) is 0. The highest BCUT2D eigenvalue weighted by molar-refractivity contribution is 6.35. The summed E-state index contributed by atoms with van der Waals surface area (Å²) in [5.74, 6) is -1.63. The molecule has 4 nitrogen and oxygen atoms in total. The number of benzene rings is 3. The van der Waals surface area contributed by atoms with Crippen LogP contribution < -0.4 is 4.90 Å². The summed E-state index contributed by atoms with van der Waals surface area (Å²) in [6.07, 6.45) is 0. The summed E-state index contributed by atoms with van der Waals surface area (Å²) < 4.78 is 19.3. The fourth-order valence-corrected chi connectivity index (χ4v) is 3.34. The molecule has 0 spiro atoms. The van der Waals surface area contributed by atoms with Gasteiger partial charge in [0.2, 0.25) is 0 Å². The summed E-state index contributed by atoms with van der Waals surface area (Å²) in [4.78, 5) is 26.5. The first-order chi connectivity index (χ1) is 14.4. The van der Waals surface area contributed by atoms with Gasteiger partial charge in [-0.3, -0.25) is 4.79 Å². The first kappa shape index (κ1) is 21.8. The topological polar surface area (TPSA) is 46.6 Å². The van der Waals surface area contributed by atoms with Gasteiger partial charge in [-0.05, 0) is 61.0 Å². The Kier molecular flexibility index (Phi) is 7.08. The van der Waals surface area contributed by atoms with E-state index < -0.39 is 17.7 Å². The Labute approximate surface area is 183 Å². The van der Waals surface area contributed by atoms with Crippen molar-refractivity contribution in [2.75, 3.05) is 11.5 Å². The Balaban J connectivity index is 1.99. The van der Waals surface area contributed by atoms with E-state index in [4.69, 9.17) is 27.9 Å². The predicted octanol–water partition coefficient (Wildman–Crippen LogP) is 6.16. The Morgan fingerprint density at radius 3 is 2.33 bits per heavy atom. The maximum atomic E-state index is 14.3. The molecular formula is C23H18Cl2FNO3. The van der Waals surface area contributed by atoms with Crippen LogP contribution in [0.4, 0.5) is 10.1 Å². The number of hydrogen-bond acceptors (Lipinski definition) is 3. The smallest absolute Gasteiger partial charge is 0.338 e. The summed E-state index contributed by atoms with van der Waals surface area (Å²) in [6, 6.07) is 17.0. The van der Waals surface area contributed by atoms with E-state index in [1.807, 2.05) is 0 Å². The van der Waals surface area contributed by atoms with E-state index in [-0.39, 0.29) is 18.7 Å². The molecule has 0 fully saturated rings. The fraction of sp³-hybridized carbons (Fsp3) is 0.130. The molecule has 1 amide bonds. The van der Waals surface area contributed by atoms with Crippen molar-refractivity contribution in [1.82, 2.24) is 0 Å². The van der Waals surface area contributed by atoms with Crippen LogP contribution in [0.2, 0.25) is 10.0 Å². The van der Waals surface area contributed by atoms with E-state index >= 15 is 0 Å². The Morgan fingerprint density at radius 2 is 1.70 bits per heavy atom. The van der Waals surface area contributed by atoms with E-state index in [0.717, 1.165) is 0 Å². The Hall–Kier alpha value is -2.89. The molecule has 3 rings (SSSR count). The molecular weight excluding hydrogens is 428 g/mol.